The lowest BCUT2D eigenvalue weighted by Crippen LogP contribution is -2.26. The molecule has 0 saturated carbocycles. The highest BCUT2D eigenvalue weighted by atomic mass is 32.2. The monoisotopic (exact) mass is 504 g/mol. The van der Waals surface area contributed by atoms with Gasteiger partial charge in [0, 0.05) is 25.1 Å². The first-order valence-corrected chi connectivity index (χ1v) is 12.4. The lowest BCUT2D eigenvalue weighted by molar-refractivity contribution is -0.118. The van der Waals surface area contributed by atoms with Crippen molar-refractivity contribution in [2.75, 3.05) is 19.1 Å². The van der Waals surface area contributed by atoms with Crippen LogP contribution in [-0.4, -0.2) is 50.7 Å². The zero-order valence-electron chi connectivity index (χ0n) is 19.6. The van der Waals surface area contributed by atoms with Crippen LogP contribution in [0.5, 0.6) is 11.5 Å². The molecule has 2 amide bonds. The summed E-state index contributed by atoms with van der Waals surface area (Å²) in [6.45, 7) is 2.99. The molecule has 3 heterocycles. The number of thioether (sulfide) groups is 1. The summed E-state index contributed by atoms with van der Waals surface area (Å²) in [7, 11) is 0. The van der Waals surface area contributed by atoms with Crippen molar-refractivity contribution >= 4 is 29.2 Å². The van der Waals surface area contributed by atoms with Gasteiger partial charge in [-0.3, -0.25) is 9.59 Å². The van der Waals surface area contributed by atoms with Gasteiger partial charge in [-0.15, -0.1) is 10.2 Å². The minimum atomic E-state index is -0.139. The van der Waals surface area contributed by atoms with E-state index in [1.54, 1.807) is 22.7 Å². The van der Waals surface area contributed by atoms with Crippen LogP contribution in [0.15, 0.2) is 59.6 Å². The summed E-state index contributed by atoms with van der Waals surface area (Å²) in [6.07, 6.45) is 0.468. The van der Waals surface area contributed by atoms with Gasteiger partial charge in [0.15, 0.2) is 23.0 Å². The zero-order valence-corrected chi connectivity index (χ0v) is 20.4. The summed E-state index contributed by atoms with van der Waals surface area (Å²) in [5, 5.41) is 19.4. The number of nitrogens with zero attached hydrogens (tertiary/aromatic N) is 4. The van der Waals surface area contributed by atoms with Gasteiger partial charge in [-0.1, -0.05) is 35.5 Å². The quantitative estimate of drug-likeness (QED) is 0.334. The third-order valence-electron chi connectivity index (χ3n) is 5.53. The highest BCUT2D eigenvalue weighted by molar-refractivity contribution is 7.99. The number of amides is 2. The number of aromatic nitrogens is 4. The third kappa shape index (κ3) is 5.57. The molecule has 5 rings (SSSR count). The molecule has 10 nitrogen and oxygen atoms in total. The predicted molar refractivity (Wildman–Crippen MR) is 133 cm³/mol. The van der Waals surface area contributed by atoms with Gasteiger partial charge < -0.3 is 20.1 Å². The molecule has 0 spiro atoms. The normalized spacial score (nSPS) is 12.0. The number of fused-ring (bicyclic) bond motifs is 2. The average Bonchev–Trinajstić information content (AvgIpc) is 3.53. The summed E-state index contributed by atoms with van der Waals surface area (Å²) in [5.41, 5.74) is 3.25. The van der Waals surface area contributed by atoms with Crippen LogP contribution in [0.25, 0.3) is 5.65 Å². The van der Waals surface area contributed by atoms with Crippen molar-refractivity contribution in [3.05, 3.63) is 77.1 Å². The van der Waals surface area contributed by atoms with Gasteiger partial charge in [0.05, 0.1) is 5.75 Å². The molecule has 0 bridgehead atoms. The molecule has 0 radical (unpaired) electrons. The van der Waals surface area contributed by atoms with Gasteiger partial charge in [-0.2, -0.15) is 9.61 Å². The second-order valence-electron chi connectivity index (χ2n) is 8.18. The Morgan fingerprint density at radius 1 is 1.00 bits per heavy atom. The topological polar surface area (TPSA) is 120 Å². The summed E-state index contributed by atoms with van der Waals surface area (Å²) in [4.78, 5) is 24.7. The highest BCUT2D eigenvalue weighted by Gasteiger charge is 2.14. The molecule has 0 saturated heterocycles. The van der Waals surface area contributed by atoms with E-state index in [-0.39, 0.29) is 24.4 Å². The molecule has 2 N–H and O–H groups in total. The van der Waals surface area contributed by atoms with Crippen LogP contribution < -0.4 is 20.1 Å². The maximum absolute atomic E-state index is 12.4. The largest absolute Gasteiger partial charge is 0.454 e. The second-order valence-corrected chi connectivity index (χ2v) is 9.18. The molecular formula is C25H24N6O4S. The first kappa shape index (κ1) is 23.6. The lowest BCUT2D eigenvalue weighted by atomic mass is 10.1. The molecule has 2 aromatic carbocycles. The number of carbonyl (C=O) groups is 2. The van der Waals surface area contributed by atoms with E-state index in [1.165, 1.54) is 11.8 Å². The van der Waals surface area contributed by atoms with Crippen molar-refractivity contribution in [3.8, 4) is 11.5 Å². The number of nitrogens with one attached hydrogen (secondary N) is 2. The van der Waals surface area contributed by atoms with Crippen molar-refractivity contribution in [1.82, 2.24) is 30.4 Å². The number of aryl methyl sites for hydroxylation is 1. The summed E-state index contributed by atoms with van der Waals surface area (Å²) in [5.74, 6) is 2.00. The van der Waals surface area contributed by atoms with Gasteiger partial charge in [-0.25, -0.2) is 0 Å². The Hall–Kier alpha value is -4.12. The number of ether oxygens (including phenoxy) is 2. The smallest absolute Gasteiger partial charge is 0.251 e. The fourth-order valence-electron chi connectivity index (χ4n) is 3.59. The van der Waals surface area contributed by atoms with Crippen LogP contribution in [0.2, 0.25) is 0 Å². The maximum Gasteiger partial charge on any atom is 0.251 e. The molecule has 2 aromatic heterocycles. The molecule has 0 aliphatic carbocycles. The van der Waals surface area contributed by atoms with Crippen LogP contribution in [0.1, 0.15) is 27.3 Å². The summed E-state index contributed by atoms with van der Waals surface area (Å²) >= 11 is 1.32. The molecular weight excluding hydrogens is 480 g/mol. The first-order chi connectivity index (χ1) is 17.5. The molecule has 1 aliphatic heterocycles. The van der Waals surface area contributed by atoms with E-state index in [1.807, 2.05) is 43.3 Å². The van der Waals surface area contributed by atoms with Crippen LogP contribution in [0, 0.1) is 6.92 Å². The second kappa shape index (κ2) is 10.6. The molecule has 0 fully saturated rings. The van der Waals surface area contributed by atoms with E-state index in [0.29, 0.717) is 53.1 Å². The van der Waals surface area contributed by atoms with Gasteiger partial charge >= 0.3 is 0 Å². The van der Waals surface area contributed by atoms with Gasteiger partial charge in [-0.05, 0) is 48.9 Å². The van der Waals surface area contributed by atoms with E-state index in [2.05, 4.69) is 25.9 Å². The SMILES string of the molecule is Cc1ccc(C(=O)NCCc2nnc3ccc(SCC(=O)NCc4ccc5c(c4)OCO5)nn23)cc1. The molecule has 0 atom stereocenters. The summed E-state index contributed by atoms with van der Waals surface area (Å²) in [6, 6.07) is 16.6. The minimum Gasteiger partial charge on any atom is -0.454 e. The number of carbonyl (C=O) groups excluding carboxylic acids is 2. The fraction of sp³-hybridized carbons (Fsp3) is 0.240. The fourth-order valence-corrected chi connectivity index (χ4v) is 4.27. The van der Waals surface area contributed by atoms with Crippen molar-refractivity contribution in [3.63, 3.8) is 0 Å². The molecule has 11 heteroatoms. The van der Waals surface area contributed by atoms with Crippen molar-refractivity contribution < 1.29 is 19.1 Å². The van der Waals surface area contributed by atoms with Gasteiger partial charge in [0.1, 0.15) is 5.03 Å². The maximum atomic E-state index is 12.4. The Balaban J connectivity index is 1.12. The molecule has 1 aliphatic rings. The molecule has 0 unspecified atom stereocenters. The van der Waals surface area contributed by atoms with Crippen LogP contribution >= 0.6 is 11.8 Å². The Kier molecular flexibility index (Phi) is 6.99. The van der Waals surface area contributed by atoms with Crippen LogP contribution in [0.3, 0.4) is 0 Å². The standard InChI is InChI=1S/C25H24N6O4S/c1-16-2-5-18(6-3-16)25(33)26-11-10-22-29-28-21-8-9-24(30-31(21)22)36-14-23(32)27-13-17-4-7-19-20(12-17)35-15-34-19/h2-9,12H,10-11,13-15H2,1H3,(H,26,33)(H,27,32). The van der Waals surface area contributed by atoms with Crippen molar-refractivity contribution in [1.29, 1.82) is 0 Å². The van der Waals surface area contributed by atoms with Crippen LogP contribution in [-0.2, 0) is 17.8 Å². The third-order valence-corrected chi connectivity index (χ3v) is 6.45. The molecule has 184 valence electrons. The zero-order chi connectivity index (χ0) is 24.9. The Labute approximate surface area is 211 Å². The Bertz CT molecular complexity index is 1410. The van der Waals surface area contributed by atoms with Crippen LogP contribution in [0.4, 0.5) is 0 Å². The number of rotatable bonds is 9. The number of benzene rings is 2. The first-order valence-electron chi connectivity index (χ1n) is 11.4. The number of hydrogen-bond acceptors (Lipinski definition) is 8. The average molecular weight is 505 g/mol. The highest BCUT2D eigenvalue weighted by Crippen LogP contribution is 2.32. The van der Waals surface area contributed by atoms with E-state index >= 15 is 0 Å². The summed E-state index contributed by atoms with van der Waals surface area (Å²) < 4.78 is 12.3. The Morgan fingerprint density at radius 2 is 1.83 bits per heavy atom. The van der Waals surface area contributed by atoms with E-state index in [0.717, 1.165) is 11.1 Å². The lowest BCUT2D eigenvalue weighted by Gasteiger charge is -2.07. The van der Waals surface area contributed by atoms with E-state index < -0.39 is 0 Å². The Morgan fingerprint density at radius 3 is 2.69 bits per heavy atom. The minimum absolute atomic E-state index is 0.109. The molecule has 4 aromatic rings. The van der Waals surface area contributed by atoms with E-state index in [4.69, 9.17) is 9.47 Å². The van der Waals surface area contributed by atoms with Gasteiger partial charge in [0.2, 0.25) is 12.7 Å². The van der Waals surface area contributed by atoms with Crippen molar-refractivity contribution in [2.45, 2.75) is 24.9 Å². The number of hydrogen-bond donors (Lipinski definition) is 2. The predicted octanol–water partition coefficient (Wildman–Crippen LogP) is 2.54. The van der Waals surface area contributed by atoms with Gasteiger partial charge in [0.25, 0.3) is 5.91 Å². The van der Waals surface area contributed by atoms with E-state index in [9.17, 15) is 9.59 Å². The molecule has 36 heavy (non-hydrogen) atoms. The van der Waals surface area contributed by atoms with Crippen molar-refractivity contribution in [2.24, 2.45) is 0 Å².